The molecule has 0 amide bonds. The van der Waals surface area contributed by atoms with Gasteiger partial charge in [-0.05, 0) is 38.6 Å². The number of hydrogen-bond donors (Lipinski definition) is 0. The Morgan fingerprint density at radius 2 is 1.00 bits per heavy atom. The lowest BCUT2D eigenvalue weighted by Gasteiger charge is -2.37. The van der Waals surface area contributed by atoms with E-state index in [2.05, 4.69) is 21.6 Å². The normalized spacial score (nSPS) is 28.4. The Morgan fingerprint density at radius 1 is 0.583 bits per heavy atom. The van der Waals surface area contributed by atoms with Crippen molar-refractivity contribution < 1.29 is 0 Å². The zero-order valence-corrected chi connectivity index (χ0v) is 16.2. The van der Waals surface area contributed by atoms with E-state index in [9.17, 15) is 0 Å². The highest BCUT2D eigenvalue weighted by atomic mass is 15.3. The summed E-state index contributed by atoms with van der Waals surface area (Å²) in [5, 5.41) is 0. The second kappa shape index (κ2) is 10.1. The lowest BCUT2D eigenvalue weighted by atomic mass is 9.93. The summed E-state index contributed by atoms with van der Waals surface area (Å²) in [6.45, 7) is 11.5. The third-order valence-corrected chi connectivity index (χ3v) is 6.80. The Balaban J connectivity index is 1.62. The maximum atomic E-state index is 2.88. The second-order valence-electron chi connectivity index (χ2n) is 8.50. The molecule has 3 aliphatic rings. The molecule has 0 aromatic carbocycles. The van der Waals surface area contributed by atoms with Crippen LogP contribution in [-0.4, -0.2) is 72.6 Å². The molecule has 1 saturated heterocycles. The largest absolute Gasteiger partial charge is 0.301 e. The highest BCUT2D eigenvalue weighted by Crippen LogP contribution is 2.25. The molecule has 0 bridgehead atoms. The molecule has 24 heavy (non-hydrogen) atoms. The molecule has 2 aliphatic carbocycles. The summed E-state index contributed by atoms with van der Waals surface area (Å²) in [6.07, 6.45) is 15.9. The average molecular weight is 336 g/mol. The van der Waals surface area contributed by atoms with Crippen molar-refractivity contribution in [2.24, 2.45) is 0 Å². The van der Waals surface area contributed by atoms with Crippen LogP contribution >= 0.6 is 0 Å². The van der Waals surface area contributed by atoms with Gasteiger partial charge in [-0.15, -0.1) is 0 Å². The van der Waals surface area contributed by atoms with E-state index in [1.165, 1.54) is 116 Å². The summed E-state index contributed by atoms with van der Waals surface area (Å²) in [6, 6.07) is 1.77. The van der Waals surface area contributed by atoms with E-state index in [-0.39, 0.29) is 0 Å². The van der Waals surface area contributed by atoms with E-state index in [0.29, 0.717) is 0 Å². The van der Waals surface area contributed by atoms with Gasteiger partial charge in [-0.3, -0.25) is 9.80 Å². The molecule has 3 nitrogen and oxygen atoms in total. The van der Waals surface area contributed by atoms with Crippen LogP contribution < -0.4 is 0 Å². The van der Waals surface area contributed by atoms with E-state index >= 15 is 0 Å². The van der Waals surface area contributed by atoms with Crippen LogP contribution in [0.3, 0.4) is 0 Å². The topological polar surface area (TPSA) is 9.72 Å². The van der Waals surface area contributed by atoms with E-state index < -0.39 is 0 Å². The van der Waals surface area contributed by atoms with Gasteiger partial charge in [0.15, 0.2) is 0 Å². The van der Waals surface area contributed by atoms with Gasteiger partial charge in [-0.25, -0.2) is 0 Å². The van der Waals surface area contributed by atoms with E-state index in [1.807, 2.05) is 0 Å². The molecular weight excluding hydrogens is 294 g/mol. The van der Waals surface area contributed by atoms with Gasteiger partial charge in [0, 0.05) is 51.4 Å². The van der Waals surface area contributed by atoms with Gasteiger partial charge in [0.25, 0.3) is 0 Å². The fourth-order valence-electron chi connectivity index (χ4n) is 5.29. The van der Waals surface area contributed by atoms with Crippen molar-refractivity contribution in [1.29, 1.82) is 0 Å². The number of hydrogen-bond acceptors (Lipinski definition) is 3. The molecule has 0 radical (unpaired) electrons. The smallest absolute Gasteiger partial charge is 0.0113 e. The van der Waals surface area contributed by atoms with E-state index in [0.717, 1.165) is 12.1 Å². The van der Waals surface area contributed by atoms with Crippen molar-refractivity contribution in [2.45, 2.75) is 89.6 Å². The van der Waals surface area contributed by atoms with Crippen LogP contribution in [0.15, 0.2) is 0 Å². The van der Waals surface area contributed by atoms with Gasteiger partial charge in [0.05, 0.1) is 0 Å². The van der Waals surface area contributed by atoms with Gasteiger partial charge in [0.1, 0.15) is 0 Å². The molecule has 3 fully saturated rings. The Labute approximate surface area is 150 Å². The van der Waals surface area contributed by atoms with Crippen LogP contribution in [0.5, 0.6) is 0 Å². The molecular formula is C21H41N3. The standard InChI is InChI=1S/C21H41N3/c1-2-13-22-14-16-23(20-9-5-3-6-10-20)18-19-24(17-15-22)21-11-7-4-8-12-21/h20-21H,2-19H2,1H3. The highest BCUT2D eigenvalue weighted by molar-refractivity contribution is 4.83. The first kappa shape index (κ1) is 18.7. The van der Waals surface area contributed by atoms with Gasteiger partial charge >= 0.3 is 0 Å². The summed E-state index contributed by atoms with van der Waals surface area (Å²) in [4.78, 5) is 8.50. The number of rotatable bonds is 4. The first-order valence-electron chi connectivity index (χ1n) is 11.1. The minimum absolute atomic E-state index is 0.883. The van der Waals surface area contributed by atoms with Crippen LogP contribution in [0, 0.1) is 0 Å². The summed E-state index contributed by atoms with van der Waals surface area (Å²) < 4.78 is 0. The zero-order chi connectivity index (χ0) is 16.6. The number of nitrogens with zero attached hydrogens (tertiary/aromatic N) is 3. The van der Waals surface area contributed by atoms with Crippen molar-refractivity contribution in [2.75, 3.05) is 45.8 Å². The van der Waals surface area contributed by atoms with Crippen molar-refractivity contribution in [3.63, 3.8) is 0 Å². The molecule has 0 unspecified atom stereocenters. The molecule has 0 spiro atoms. The molecule has 0 aromatic heterocycles. The quantitative estimate of drug-likeness (QED) is 0.769. The fraction of sp³-hybridized carbons (Fsp3) is 1.00. The Hall–Kier alpha value is -0.120. The Kier molecular flexibility index (Phi) is 7.88. The van der Waals surface area contributed by atoms with Crippen molar-refractivity contribution >= 4 is 0 Å². The molecule has 1 heterocycles. The van der Waals surface area contributed by atoms with Gasteiger partial charge in [-0.2, -0.15) is 0 Å². The van der Waals surface area contributed by atoms with Crippen LogP contribution in [0.2, 0.25) is 0 Å². The second-order valence-corrected chi connectivity index (χ2v) is 8.50. The minimum atomic E-state index is 0.883. The summed E-state index contributed by atoms with van der Waals surface area (Å²) in [5.41, 5.74) is 0. The molecule has 2 saturated carbocycles. The van der Waals surface area contributed by atoms with Crippen LogP contribution in [0.4, 0.5) is 0 Å². The predicted molar refractivity (Wildman–Crippen MR) is 104 cm³/mol. The van der Waals surface area contributed by atoms with Crippen molar-refractivity contribution in [3.8, 4) is 0 Å². The van der Waals surface area contributed by atoms with Crippen LogP contribution in [0.25, 0.3) is 0 Å². The Bertz CT molecular complexity index is 304. The van der Waals surface area contributed by atoms with Crippen LogP contribution in [0.1, 0.15) is 77.6 Å². The molecule has 0 N–H and O–H groups in total. The maximum absolute atomic E-state index is 2.88. The maximum Gasteiger partial charge on any atom is 0.0113 e. The monoisotopic (exact) mass is 335 g/mol. The third-order valence-electron chi connectivity index (χ3n) is 6.80. The highest BCUT2D eigenvalue weighted by Gasteiger charge is 2.26. The molecule has 140 valence electrons. The average Bonchev–Trinajstić information content (AvgIpc) is 2.74. The van der Waals surface area contributed by atoms with E-state index in [4.69, 9.17) is 0 Å². The predicted octanol–water partition coefficient (Wildman–Crippen LogP) is 3.98. The molecule has 3 heteroatoms. The lowest BCUT2D eigenvalue weighted by molar-refractivity contribution is 0.112. The lowest BCUT2D eigenvalue weighted by Crippen LogP contribution is -2.45. The van der Waals surface area contributed by atoms with Crippen molar-refractivity contribution in [3.05, 3.63) is 0 Å². The van der Waals surface area contributed by atoms with Gasteiger partial charge in [0.2, 0.25) is 0 Å². The summed E-state index contributed by atoms with van der Waals surface area (Å²) in [5.74, 6) is 0. The Morgan fingerprint density at radius 3 is 1.42 bits per heavy atom. The SMILES string of the molecule is CCCN1CCN(C2CCCCC2)CCN(C2CCCCC2)CC1. The third kappa shape index (κ3) is 5.44. The zero-order valence-electron chi connectivity index (χ0n) is 16.2. The van der Waals surface area contributed by atoms with Gasteiger partial charge in [-0.1, -0.05) is 45.4 Å². The fourth-order valence-corrected chi connectivity index (χ4v) is 5.29. The first-order valence-corrected chi connectivity index (χ1v) is 11.1. The minimum Gasteiger partial charge on any atom is -0.301 e. The summed E-state index contributed by atoms with van der Waals surface area (Å²) in [7, 11) is 0. The van der Waals surface area contributed by atoms with Crippen LogP contribution in [-0.2, 0) is 0 Å². The first-order chi connectivity index (χ1) is 11.9. The molecule has 1 aliphatic heterocycles. The van der Waals surface area contributed by atoms with Gasteiger partial charge < -0.3 is 4.90 Å². The molecule has 0 atom stereocenters. The molecule has 3 rings (SSSR count). The molecule has 0 aromatic rings. The van der Waals surface area contributed by atoms with E-state index in [1.54, 1.807) is 0 Å². The van der Waals surface area contributed by atoms with Crippen molar-refractivity contribution in [1.82, 2.24) is 14.7 Å². The summed E-state index contributed by atoms with van der Waals surface area (Å²) >= 11 is 0.